The van der Waals surface area contributed by atoms with Gasteiger partial charge < -0.3 is 5.32 Å². The number of rotatable bonds is 10. The molecule has 29 heavy (non-hydrogen) atoms. The third-order valence-corrected chi connectivity index (χ3v) is 6.73. The molecule has 0 saturated carbocycles. The topological polar surface area (TPSA) is 66.5 Å². The van der Waals surface area contributed by atoms with Gasteiger partial charge in [-0.1, -0.05) is 48.9 Å². The van der Waals surface area contributed by atoms with E-state index in [0.717, 1.165) is 23.3 Å². The highest BCUT2D eigenvalue weighted by Crippen LogP contribution is 2.23. The van der Waals surface area contributed by atoms with E-state index in [1.807, 2.05) is 19.9 Å². The summed E-state index contributed by atoms with van der Waals surface area (Å²) in [5, 5.41) is 2.90. The zero-order chi connectivity index (χ0) is 21.4. The van der Waals surface area contributed by atoms with Crippen molar-refractivity contribution in [3.8, 4) is 0 Å². The summed E-state index contributed by atoms with van der Waals surface area (Å²) < 4.78 is 26.1. The van der Waals surface area contributed by atoms with Crippen molar-refractivity contribution >= 4 is 33.4 Å². The van der Waals surface area contributed by atoms with E-state index in [-0.39, 0.29) is 5.91 Å². The third kappa shape index (κ3) is 7.08. The van der Waals surface area contributed by atoms with Crippen LogP contribution in [-0.4, -0.2) is 38.9 Å². The van der Waals surface area contributed by atoms with Gasteiger partial charge in [-0.2, -0.15) is 11.8 Å². The molecule has 0 fully saturated rings. The Hall–Kier alpha value is -1.99. The number of nitrogens with one attached hydrogen (secondary N) is 1. The number of hydrogen-bond donors (Lipinski definition) is 1. The second kappa shape index (κ2) is 10.7. The van der Waals surface area contributed by atoms with Crippen molar-refractivity contribution in [2.24, 2.45) is 0 Å². The van der Waals surface area contributed by atoms with Gasteiger partial charge in [-0.05, 0) is 43.5 Å². The van der Waals surface area contributed by atoms with Crippen LogP contribution in [0.3, 0.4) is 0 Å². The second-order valence-corrected chi connectivity index (χ2v) is 10.1. The standard InChI is InChI=1S/C22H30N2O3S2/c1-5-21(24(29(4,26)27)20-8-6-7-18(3)15-20)22(25)23-13-14-28-16-19-11-9-17(2)10-12-19/h6-12,15,21H,5,13-14,16H2,1-4H3,(H,23,25)/t21-/m1/s1. The van der Waals surface area contributed by atoms with E-state index in [9.17, 15) is 13.2 Å². The van der Waals surface area contributed by atoms with Gasteiger partial charge in [0.2, 0.25) is 15.9 Å². The first-order valence-corrected chi connectivity index (χ1v) is 12.7. The molecule has 158 valence electrons. The first-order valence-electron chi connectivity index (χ1n) is 9.69. The van der Waals surface area contributed by atoms with Crippen LogP contribution in [0.1, 0.15) is 30.0 Å². The number of aryl methyl sites for hydroxylation is 2. The highest BCUT2D eigenvalue weighted by molar-refractivity contribution is 7.98. The molecule has 1 amide bonds. The number of amides is 1. The summed E-state index contributed by atoms with van der Waals surface area (Å²) in [6.45, 7) is 6.28. The van der Waals surface area contributed by atoms with Crippen LogP contribution in [0, 0.1) is 13.8 Å². The number of carbonyl (C=O) groups excluding carboxylic acids is 1. The average molecular weight is 435 g/mol. The van der Waals surface area contributed by atoms with Crippen LogP contribution >= 0.6 is 11.8 Å². The first-order chi connectivity index (χ1) is 13.7. The van der Waals surface area contributed by atoms with Crippen molar-refractivity contribution in [2.75, 3.05) is 22.9 Å². The summed E-state index contributed by atoms with van der Waals surface area (Å²) in [5.41, 5.74) is 3.95. The Morgan fingerprint density at radius 2 is 1.79 bits per heavy atom. The monoisotopic (exact) mass is 434 g/mol. The molecule has 0 bridgehead atoms. The molecule has 1 atom stereocenters. The van der Waals surface area contributed by atoms with Crippen LogP contribution in [0.5, 0.6) is 0 Å². The Morgan fingerprint density at radius 1 is 1.10 bits per heavy atom. The molecule has 5 nitrogen and oxygen atoms in total. The van der Waals surface area contributed by atoms with Crippen LogP contribution in [0.25, 0.3) is 0 Å². The van der Waals surface area contributed by atoms with Crippen molar-refractivity contribution in [2.45, 2.75) is 39.0 Å². The quantitative estimate of drug-likeness (QED) is 0.576. The van der Waals surface area contributed by atoms with Gasteiger partial charge in [-0.25, -0.2) is 8.42 Å². The summed E-state index contributed by atoms with van der Waals surface area (Å²) in [6, 6.07) is 14.8. The first kappa shape index (κ1) is 23.3. The lowest BCUT2D eigenvalue weighted by atomic mass is 10.1. The van der Waals surface area contributed by atoms with Crippen LogP contribution in [0.15, 0.2) is 48.5 Å². The molecular weight excluding hydrogens is 404 g/mol. The summed E-state index contributed by atoms with van der Waals surface area (Å²) in [7, 11) is -3.60. The van der Waals surface area contributed by atoms with Gasteiger partial charge in [0.05, 0.1) is 11.9 Å². The summed E-state index contributed by atoms with van der Waals surface area (Å²) in [5.74, 6) is 1.38. The fourth-order valence-electron chi connectivity index (χ4n) is 3.06. The molecule has 0 saturated heterocycles. The van der Waals surface area contributed by atoms with Crippen molar-refractivity contribution in [1.29, 1.82) is 0 Å². The van der Waals surface area contributed by atoms with Gasteiger partial charge in [0.25, 0.3) is 0 Å². The van der Waals surface area contributed by atoms with E-state index >= 15 is 0 Å². The molecule has 2 aromatic carbocycles. The minimum absolute atomic E-state index is 0.268. The van der Waals surface area contributed by atoms with Crippen LogP contribution < -0.4 is 9.62 Å². The molecule has 0 unspecified atom stereocenters. The molecule has 1 N–H and O–H groups in total. The lowest BCUT2D eigenvalue weighted by molar-refractivity contribution is -0.122. The van der Waals surface area contributed by atoms with E-state index in [0.29, 0.717) is 18.7 Å². The van der Waals surface area contributed by atoms with Crippen molar-refractivity contribution in [3.05, 3.63) is 65.2 Å². The van der Waals surface area contributed by atoms with Gasteiger partial charge in [0, 0.05) is 18.1 Å². The minimum Gasteiger partial charge on any atom is -0.353 e. The highest BCUT2D eigenvalue weighted by atomic mass is 32.2. The van der Waals surface area contributed by atoms with Crippen LogP contribution in [0.2, 0.25) is 0 Å². The van der Waals surface area contributed by atoms with E-state index < -0.39 is 16.1 Å². The zero-order valence-corrected chi connectivity index (χ0v) is 19.1. The molecule has 2 aromatic rings. The number of benzene rings is 2. The largest absolute Gasteiger partial charge is 0.353 e. The Bertz CT molecular complexity index is 912. The van der Waals surface area contributed by atoms with E-state index in [2.05, 4.69) is 36.5 Å². The van der Waals surface area contributed by atoms with Gasteiger partial charge in [-0.15, -0.1) is 0 Å². The predicted octanol–water partition coefficient (Wildman–Crippen LogP) is 3.90. The maximum Gasteiger partial charge on any atom is 0.243 e. The average Bonchev–Trinajstić information content (AvgIpc) is 2.66. The number of hydrogen-bond acceptors (Lipinski definition) is 4. The molecule has 7 heteroatoms. The molecule has 0 heterocycles. The fourth-order valence-corrected chi connectivity index (χ4v) is 5.09. The predicted molar refractivity (Wildman–Crippen MR) is 123 cm³/mol. The SMILES string of the molecule is CC[C@H](C(=O)NCCSCc1ccc(C)cc1)N(c1cccc(C)c1)S(C)(=O)=O. The lowest BCUT2D eigenvalue weighted by Gasteiger charge is -2.30. The van der Waals surface area contributed by atoms with Crippen molar-refractivity contribution in [1.82, 2.24) is 5.32 Å². The summed E-state index contributed by atoms with van der Waals surface area (Å²) in [4.78, 5) is 12.8. The maximum absolute atomic E-state index is 12.8. The Labute approximate surface area is 178 Å². The molecule has 0 radical (unpaired) electrons. The van der Waals surface area contributed by atoms with Crippen LogP contribution in [-0.2, 0) is 20.6 Å². The molecular formula is C22H30N2O3S2. The minimum atomic E-state index is -3.60. The summed E-state index contributed by atoms with van der Waals surface area (Å²) >= 11 is 1.74. The second-order valence-electron chi connectivity index (χ2n) is 7.15. The van der Waals surface area contributed by atoms with Crippen molar-refractivity contribution < 1.29 is 13.2 Å². The molecule has 0 aliphatic heterocycles. The fraction of sp³-hybridized carbons (Fsp3) is 0.409. The summed E-state index contributed by atoms with van der Waals surface area (Å²) in [6.07, 6.45) is 1.53. The number of carbonyl (C=O) groups is 1. The number of sulfonamides is 1. The lowest BCUT2D eigenvalue weighted by Crippen LogP contribution is -2.49. The Kier molecular flexibility index (Phi) is 8.59. The van der Waals surface area contributed by atoms with E-state index in [1.165, 1.54) is 15.4 Å². The smallest absolute Gasteiger partial charge is 0.243 e. The molecule has 0 aliphatic carbocycles. The van der Waals surface area contributed by atoms with Gasteiger partial charge >= 0.3 is 0 Å². The number of thioether (sulfide) groups is 1. The Morgan fingerprint density at radius 3 is 2.38 bits per heavy atom. The third-order valence-electron chi connectivity index (χ3n) is 4.52. The maximum atomic E-state index is 12.8. The van der Waals surface area contributed by atoms with Gasteiger partial charge in [0.15, 0.2) is 0 Å². The zero-order valence-electron chi connectivity index (χ0n) is 17.5. The van der Waals surface area contributed by atoms with Crippen molar-refractivity contribution in [3.63, 3.8) is 0 Å². The normalized spacial score (nSPS) is 12.4. The molecule has 0 spiro atoms. The van der Waals surface area contributed by atoms with Gasteiger partial charge in [-0.3, -0.25) is 9.10 Å². The molecule has 2 rings (SSSR count). The highest BCUT2D eigenvalue weighted by Gasteiger charge is 2.31. The number of anilines is 1. The molecule has 0 aliphatic rings. The van der Waals surface area contributed by atoms with Crippen LogP contribution in [0.4, 0.5) is 5.69 Å². The Balaban J connectivity index is 1.96. The van der Waals surface area contributed by atoms with E-state index in [1.54, 1.807) is 30.0 Å². The van der Waals surface area contributed by atoms with E-state index in [4.69, 9.17) is 0 Å². The molecule has 0 aromatic heterocycles. The van der Waals surface area contributed by atoms with Gasteiger partial charge in [0.1, 0.15) is 6.04 Å². The number of nitrogens with zero attached hydrogens (tertiary/aromatic N) is 1.